The first-order valence-corrected chi connectivity index (χ1v) is 38.6. The van der Waals surface area contributed by atoms with Crippen molar-refractivity contribution in [3.05, 3.63) is 425 Å². The van der Waals surface area contributed by atoms with Gasteiger partial charge in [-0.15, -0.1) is 0 Å². The van der Waals surface area contributed by atoms with Gasteiger partial charge in [0.1, 0.15) is 0 Å². The molecule has 23 rings (SSSR count). The van der Waals surface area contributed by atoms with E-state index in [9.17, 15) is 0 Å². The Balaban J connectivity index is 0.000000138. The minimum absolute atomic E-state index is 1.15. The molecule has 0 fully saturated rings. The van der Waals surface area contributed by atoms with Gasteiger partial charge in [-0.05, 0) is 209 Å². The van der Waals surface area contributed by atoms with E-state index in [1.807, 2.05) is 0 Å². The molecule has 0 bridgehead atoms. The minimum Gasteiger partial charge on any atom is -0.309 e. The van der Waals surface area contributed by atoms with E-state index in [-0.39, 0.29) is 0 Å². The number of benzene rings is 19. The summed E-state index contributed by atoms with van der Waals surface area (Å²) in [6, 6.07) is 155. The number of hydrogen-bond acceptors (Lipinski definition) is 0. The molecule has 0 atom stereocenters. The second-order valence-electron chi connectivity index (χ2n) is 29.5. The van der Waals surface area contributed by atoms with E-state index < -0.39 is 0 Å². The van der Waals surface area contributed by atoms with Gasteiger partial charge in [0, 0.05) is 65.6 Å². The van der Waals surface area contributed by atoms with Gasteiger partial charge < -0.3 is 18.3 Å². The number of hydrogen-bond donors (Lipinski definition) is 0. The Morgan fingerprint density at radius 3 is 0.839 bits per heavy atom. The second-order valence-corrected chi connectivity index (χ2v) is 29.5. The molecule has 112 heavy (non-hydrogen) atoms. The molecule has 4 aromatic heterocycles. The third-order valence-corrected chi connectivity index (χ3v) is 23.2. The predicted molar refractivity (Wildman–Crippen MR) is 475 cm³/mol. The van der Waals surface area contributed by atoms with Gasteiger partial charge in [0.15, 0.2) is 0 Å². The Bertz CT molecular complexity index is 7610. The molecule has 0 radical (unpaired) electrons. The molecule has 4 heteroatoms. The Labute approximate surface area is 647 Å². The van der Waals surface area contributed by atoms with Crippen LogP contribution in [0, 0.1) is 0 Å². The molecule has 0 saturated carbocycles. The topological polar surface area (TPSA) is 19.7 Å². The molecule has 4 heterocycles. The van der Waals surface area contributed by atoms with Crippen molar-refractivity contribution >= 4 is 120 Å². The molecule has 0 N–H and O–H groups in total. The first-order valence-electron chi connectivity index (χ1n) is 38.6. The summed E-state index contributed by atoms with van der Waals surface area (Å²) in [6.07, 6.45) is 0. The van der Waals surface area contributed by atoms with Crippen LogP contribution in [-0.2, 0) is 0 Å². The fourth-order valence-corrected chi connectivity index (χ4v) is 18.0. The summed E-state index contributed by atoms with van der Waals surface area (Å²) in [5, 5.41) is 17.6. The maximum atomic E-state index is 2.43. The van der Waals surface area contributed by atoms with Crippen molar-refractivity contribution in [2.75, 3.05) is 0 Å². The van der Waals surface area contributed by atoms with Crippen molar-refractivity contribution in [3.63, 3.8) is 0 Å². The van der Waals surface area contributed by atoms with E-state index in [0.717, 1.165) is 11.4 Å². The zero-order valence-corrected chi connectivity index (χ0v) is 61.2. The molecule has 0 unspecified atom stereocenters. The second kappa shape index (κ2) is 26.5. The fraction of sp³-hybridized carbons (Fsp3) is 0. The molecule has 0 aliphatic heterocycles. The predicted octanol–water partition coefficient (Wildman–Crippen LogP) is 29.2. The maximum absolute atomic E-state index is 2.43. The Hall–Kier alpha value is -14.8. The highest BCUT2D eigenvalue weighted by atomic mass is 15.0. The number of rotatable bonds is 10. The van der Waals surface area contributed by atoms with E-state index in [2.05, 4.69) is 443 Å². The highest BCUT2D eigenvalue weighted by Crippen LogP contribution is 2.45. The van der Waals surface area contributed by atoms with Gasteiger partial charge in [-0.2, -0.15) is 0 Å². The average molecular weight is 1420 g/mol. The number of fused-ring (bicyclic) bond motifs is 15. The molecule has 0 aliphatic rings. The zero-order chi connectivity index (χ0) is 73.7. The van der Waals surface area contributed by atoms with E-state index in [0.29, 0.717) is 0 Å². The lowest BCUT2D eigenvalue weighted by Crippen LogP contribution is -1.97. The summed E-state index contributed by atoms with van der Waals surface area (Å²) in [7, 11) is 0. The van der Waals surface area contributed by atoms with Gasteiger partial charge in [-0.1, -0.05) is 303 Å². The molecule has 0 amide bonds. The molecular formula is C108H70N4. The SMILES string of the molecule is c1ccc(-c2ccccc2-n2c3ccccc3c3cc(-c4ccc5c(c4)c4ccccc4n5-c4ccc(-c5c6ccccc6cc6ccccc56)cc4)ccc32)cc1.c1ccc(-c2ccccc2-n2c3ccccc3c3cc(-c4ccc5c(c4)c4ccccc4n5-c4ccc(-c5ccc6ccccc6c5)cc4)ccc32)cc1. The fourth-order valence-electron chi connectivity index (χ4n) is 18.0. The van der Waals surface area contributed by atoms with E-state index in [1.165, 1.54) is 198 Å². The van der Waals surface area contributed by atoms with E-state index in [1.54, 1.807) is 0 Å². The van der Waals surface area contributed by atoms with Crippen LogP contribution in [0.15, 0.2) is 425 Å². The summed E-state index contributed by atoms with van der Waals surface area (Å²) in [4.78, 5) is 0. The lowest BCUT2D eigenvalue weighted by atomic mass is 9.92. The Kier molecular flexibility index (Phi) is 15.2. The highest BCUT2D eigenvalue weighted by molar-refractivity contribution is 6.17. The first kappa shape index (κ1) is 64.3. The summed E-state index contributed by atoms with van der Waals surface area (Å²) in [5.41, 5.74) is 28.9. The van der Waals surface area contributed by atoms with Crippen molar-refractivity contribution in [3.8, 4) is 89.5 Å². The van der Waals surface area contributed by atoms with Crippen LogP contribution in [0.3, 0.4) is 0 Å². The molecule has 4 nitrogen and oxygen atoms in total. The summed E-state index contributed by atoms with van der Waals surface area (Å²) < 4.78 is 9.68. The van der Waals surface area contributed by atoms with Crippen molar-refractivity contribution < 1.29 is 0 Å². The number of para-hydroxylation sites is 6. The van der Waals surface area contributed by atoms with Crippen LogP contribution >= 0.6 is 0 Å². The Morgan fingerprint density at radius 1 is 0.134 bits per heavy atom. The lowest BCUT2D eigenvalue weighted by molar-refractivity contribution is 1.18. The largest absolute Gasteiger partial charge is 0.309 e. The van der Waals surface area contributed by atoms with Crippen molar-refractivity contribution in [2.24, 2.45) is 0 Å². The Morgan fingerprint density at radius 2 is 0.420 bits per heavy atom. The van der Waals surface area contributed by atoms with Crippen molar-refractivity contribution in [2.45, 2.75) is 0 Å². The smallest absolute Gasteiger partial charge is 0.0541 e. The van der Waals surface area contributed by atoms with Crippen LogP contribution in [0.5, 0.6) is 0 Å². The third kappa shape index (κ3) is 10.7. The van der Waals surface area contributed by atoms with Crippen LogP contribution in [0.25, 0.3) is 209 Å². The number of aromatic nitrogens is 4. The van der Waals surface area contributed by atoms with Crippen molar-refractivity contribution in [1.29, 1.82) is 0 Å². The van der Waals surface area contributed by atoms with Crippen molar-refractivity contribution in [1.82, 2.24) is 18.3 Å². The van der Waals surface area contributed by atoms with Crippen LogP contribution in [-0.4, -0.2) is 18.3 Å². The molecule has 0 spiro atoms. The van der Waals surface area contributed by atoms with E-state index >= 15 is 0 Å². The molecule has 23 aromatic rings. The van der Waals surface area contributed by atoms with Gasteiger partial charge in [0.2, 0.25) is 0 Å². The molecule has 19 aromatic carbocycles. The summed E-state index contributed by atoms with van der Waals surface area (Å²) >= 11 is 0. The quantitative estimate of drug-likeness (QED) is 0.122. The van der Waals surface area contributed by atoms with Gasteiger partial charge in [0.25, 0.3) is 0 Å². The summed E-state index contributed by atoms with van der Waals surface area (Å²) in [6.45, 7) is 0. The monoisotopic (exact) mass is 1420 g/mol. The number of nitrogens with zero attached hydrogens (tertiary/aromatic N) is 4. The van der Waals surface area contributed by atoms with Gasteiger partial charge in [0.05, 0.1) is 55.5 Å². The minimum atomic E-state index is 1.15. The maximum Gasteiger partial charge on any atom is 0.0541 e. The van der Waals surface area contributed by atoms with E-state index in [4.69, 9.17) is 0 Å². The molecular weight excluding hydrogens is 1350 g/mol. The standard InChI is InChI=1S/C56H36N2.C52H34N2/c1-2-14-37(15-3-1)44-18-8-11-23-51(44)58-53-25-13-10-22-48(53)50-36-40(29-33-55(50)58)39-28-32-54-49(35-39)47-21-9-12-24-52(47)57(54)43-30-26-38(27-31-43)56-45-19-6-4-16-41(45)34-42-17-5-7-20-46(42)56;1-2-13-37(14-3-1)43-16-6-9-19-48(43)54-50-21-11-8-18-45(50)47-34-41(27-31-52(47)54)40-26-30-51-46(33-40)44-17-7-10-20-49(44)53(51)42-28-24-36(25-29-42)39-23-22-35-12-4-5-15-38(35)32-39/h1-36H;1-34H. The molecule has 0 aliphatic carbocycles. The molecule has 0 saturated heterocycles. The zero-order valence-electron chi connectivity index (χ0n) is 61.2. The van der Waals surface area contributed by atoms with Crippen LogP contribution in [0.1, 0.15) is 0 Å². The summed E-state index contributed by atoms with van der Waals surface area (Å²) in [5.74, 6) is 0. The lowest BCUT2D eigenvalue weighted by Gasteiger charge is -2.14. The third-order valence-electron chi connectivity index (χ3n) is 23.2. The first-order chi connectivity index (χ1) is 55.6. The highest BCUT2D eigenvalue weighted by Gasteiger charge is 2.22. The average Bonchev–Trinajstić information content (AvgIpc) is 1.66. The van der Waals surface area contributed by atoms with Gasteiger partial charge in [-0.25, -0.2) is 0 Å². The van der Waals surface area contributed by atoms with Crippen LogP contribution < -0.4 is 0 Å². The van der Waals surface area contributed by atoms with Gasteiger partial charge in [-0.3, -0.25) is 0 Å². The normalized spacial score (nSPS) is 11.8. The van der Waals surface area contributed by atoms with Crippen LogP contribution in [0.4, 0.5) is 0 Å². The van der Waals surface area contributed by atoms with Gasteiger partial charge >= 0.3 is 0 Å². The molecule has 522 valence electrons. The van der Waals surface area contributed by atoms with Crippen LogP contribution in [0.2, 0.25) is 0 Å².